The first-order valence-electron chi connectivity index (χ1n) is 5.13. The van der Waals surface area contributed by atoms with E-state index in [1.807, 2.05) is 19.1 Å². The van der Waals surface area contributed by atoms with E-state index >= 15 is 0 Å². The van der Waals surface area contributed by atoms with E-state index in [-0.39, 0.29) is 5.91 Å². The number of hydrogen-bond acceptors (Lipinski definition) is 3. The lowest BCUT2D eigenvalue weighted by Gasteiger charge is -2.00. The molecule has 0 spiro atoms. The summed E-state index contributed by atoms with van der Waals surface area (Å²) in [4.78, 5) is 11.5. The van der Waals surface area contributed by atoms with E-state index in [9.17, 15) is 4.79 Å². The van der Waals surface area contributed by atoms with Gasteiger partial charge in [-0.05, 0) is 31.2 Å². The summed E-state index contributed by atoms with van der Waals surface area (Å²) in [5, 5.41) is 2.75. The third-order valence-corrected chi connectivity index (χ3v) is 2.20. The topological polar surface area (TPSA) is 55.4 Å². The SMILES string of the molecule is Cc1ccc(CCNC(=O)c2ccco2)o1. The Labute approximate surface area is 93.2 Å². The summed E-state index contributed by atoms with van der Waals surface area (Å²) in [7, 11) is 0. The standard InChI is InChI=1S/C12H13NO3/c1-9-4-5-10(16-9)6-7-13-12(14)11-3-2-8-15-11/h2-5,8H,6-7H2,1H3,(H,13,14). The van der Waals surface area contributed by atoms with Crippen molar-refractivity contribution < 1.29 is 13.6 Å². The Morgan fingerprint density at radius 2 is 2.25 bits per heavy atom. The van der Waals surface area contributed by atoms with Gasteiger partial charge in [0.05, 0.1) is 6.26 Å². The average molecular weight is 219 g/mol. The molecule has 0 aliphatic heterocycles. The molecule has 0 saturated heterocycles. The van der Waals surface area contributed by atoms with Crippen LogP contribution < -0.4 is 5.32 Å². The summed E-state index contributed by atoms with van der Waals surface area (Å²) in [6.07, 6.45) is 2.16. The summed E-state index contributed by atoms with van der Waals surface area (Å²) in [6, 6.07) is 7.13. The Bertz CT molecular complexity index is 456. The predicted molar refractivity (Wildman–Crippen MR) is 58.2 cm³/mol. The first-order chi connectivity index (χ1) is 7.75. The van der Waals surface area contributed by atoms with Gasteiger partial charge in [0.2, 0.25) is 0 Å². The molecule has 0 aromatic carbocycles. The van der Waals surface area contributed by atoms with Crippen LogP contribution in [0.25, 0.3) is 0 Å². The molecule has 1 N–H and O–H groups in total. The molecule has 2 rings (SSSR count). The largest absolute Gasteiger partial charge is 0.466 e. The fourth-order valence-corrected chi connectivity index (χ4v) is 1.41. The van der Waals surface area contributed by atoms with Gasteiger partial charge in [-0.2, -0.15) is 0 Å². The third kappa shape index (κ3) is 2.53. The lowest BCUT2D eigenvalue weighted by molar-refractivity contribution is 0.0926. The molecular weight excluding hydrogens is 206 g/mol. The van der Waals surface area contributed by atoms with E-state index in [0.29, 0.717) is 18.7 Å². The summed E-state index contributed by atoms with van der Waals surface area (Å²) >= 11 is 0. The molecule has 2 aromatic heterocycles. The minimum Gasteiger partial charge on any atom is -0.466 e. The van der Waals surface area contributed by atoms with Crippen LogP contribution in [-0.2, 0) is 6.42 Å². The van der Waals surface area contributed by atoms with Gasteiger partial charge in [-0.1, -0.05) is 0 Å². The number of hydrogen-bond donors (Lipinski definition) is 1. The average Bonchev–Trinajstić information content (AvgIpc) is 2.89. The fraction of sp³-hybridized carbons (Fsp3) is 0.250. The van der Waals surface area contributed by atoms with Crippen LogP contribution in [0.2, 0.25) is 0 Å². The Morgan fingerprint density at radius 3 is 2.88 bits per heavy atom. The van der Waals surface area contributed by atoms with Crippen LogP contribution in [0.15, 0.2) is 39.4 Å². The zero-order valence-electron chi connectivity index (χ0n) is 9.03. The maximum absolute atomic E-state index is 11.5. The maximum atomic E-state index is 11.5. The molecular formula is C12H13NO3. The van der Waals surface area contributed by atoms with E-state index in [4.69, 9.17) is 8.83 Å². The van der Waals surface area contributed by atoms with Gasteiger partial charge in [0, 0.05) is 13.0 Å². The highest BCUT2D eigenvalue weighted by molar-refractivity contribution is 5.91. The third-order valence-electron chi connectivity index (χ3n) is 2.20. The normalized spacial score (nSPS) is 10.3. The minimum atomic E-state index is -0.201. The lowest BCUT2D eigenvalue weighted by Crippen LogP contribution is -2.25. The second kappa shape index (κ2) is 4.70. The zero-order valence-corrected chi connectivity index (χ0v) is 9.03. The molecule has 2 aromatic rings. The summed E-state index contributed by atoms with van der Waals surface area (Å²) in [6.45, 7) is 2.43. The maximum Gasteiger partial charge on any atom is 0.286 e. The molecule has 0 atom stereocenters. The van der Waals surface area contributed by atoms with Crippen molar-refractivity contribution in [3.8, 4) is 0 Å². The van der Waals surface area contributed by atoms with E-state index in [1.54, 1.807) is 12.1 Å². The van der Waals surface area contributed by atoms with E-state index in [0.717, 1.165) is 11.5 Å². The van der Waals surface area contributed by atoms with Crippen molar-refractivity contribution in [2.75, 3.05) is 6.54 Å². The molecule has 0 radical (unpaired) electrons. The summed E-state index contributed by atoms with van der Waals surface area (Å²) in [5.74, 6) is 1.88. The second-order valence-electron chi connectivity index (χ2n) is 3.50. The van der Waals surface area contributed by atoms with Crippen LogP contribution in [-0.4, -0.2) is 12.5 Å². The van der Waals surface area contributed by atoms with Crippen molar-refractivity contribution in [2.45, 2.75) is 13.3 Å². The summed E-state index contributed by atoms with van der Waals surface area (Å²) < 4.78 is 10.3. The van der Waals surface area contributed by atoms with E-state index in [2.05, 4.69) is 5.32 Å². The van der Waals surface area contributed by atoms with Gasteiger partial charge < -0.3 is 14.2 Å². The Morgan fingerprint density at radius 1 is 1.38 bits per heavy atom. The highest BCUT2D eigenvalue weighted by Gasteiger charge is 2.07. The van der Waals surface area contributed by atoms with E-state index < -0.39 is 0 Å². The predicted octanol–water partition coefficient (Wildman–Crippen LogP) is 2.15. The lowest BCUT2D eigenvalue weighted by atomic mass is 10.3. The molecule has 0 bridgehead atoms. The van der Waals surface area contributed by atoms with Gasteiger partial charge in [-0.15, -0.1) is 0 Å². The van der Waals surface area contributed by atoms with Crippen molar-refractivity contribution in [1.29, 1.82) is 0 Å². The van der Waals surface area contributed by atoms with Crippen molar-refractivity contribution in [3.63, 3.8) is 0 Å². The Balaban J connectivity index is 1.78. The monoisotopic (exact) mass is 219 g/mol. The Kier molecular flexibility index (Phi) is 3.10. The molecule has 0 saturated carbocycles. The number of furan rings is 2. The van der Waals surface area contributed by atoms with Crippen molar-refractivity contribution in [2.24, 2.45) is 0 Å². The van der Waals surface area contributed by atoms with E-state index in [1.165, 1.54) is 6.26 Å². The number of nitrogens with one attached hydrogen (secondary N) is 1. The van der Waals surface area contributed by atoms with Gasteiger partial charge in [-0.3, -0.25) is 4.79 Å². The molecule has 1 amide bonds. The van der Waals surface area contributed by atoms with Crippen LogP contribution >= 0.6 is 0 Å². The highest BCUT2D eigenvalue weighted by atomic mass is 16.3. The van der Waals surface area contributed by atoms with Crippen LogP contribution in [0.1, 0.15) is 22.1 Å². The zero-order chi connectivity index (χ0) is 11.4. The van der Waals surface area contributed by atoms with Gasteiger partial charge in [0.15, 0.2) is 5.76 Å². The van der Waals surface area contributed by atoms with Gasteiger partial charge >= 0.3 is 0 Å². The second-order valence-corrected chi connectivity index (χ2v) is 3.50. The molecule has 0 fully saturated rings. The molecule has 0 unspecified atom stereocenters. The van der Waals surface area contributed by atoms with Crippen molar-refractivity contribution in [3.05, 3.63) is 47.8 Å². The van der Waals surface area contributed by atoms with Gasteiger partial charge in [0.1, 0.15) is 11.5 Å². The van der Waals surface area contributed by atoms with Crippen molar-refractivity contribution >= 4 is 5.91 Å². The summed E-state index contributed by atoms with van der Waals surface area (Å²) in [5.41, 5.74) is 0. The smallest absolute Gasteiger partial charge is 0.286 e. The molecule has 2 heterocycles. The number of carbonyl (C=O) groups is 1. The van der Waals surface area contributed by atoms with Crippen LogP contribution in [0.5, 0.6) is 0 Å². The van der Waals surface area contributed by atoms with Crippen molar-refractivity contribution in [1.82, 2.24) is 5.32 Å². The number of aryl methyl sites for hydroxylation is 1. The molecule has 16 heavy (non-hydrogen) atoms. The van der Waals surface area contributed by atoms with Gasteiger partial charge in [-0.25, -0.2) is 0 Å². The van der Waals surface area contributed by atoms with Crippen LogP contribution in [0.4, 0.5) is 0 Å². The number of rotatable bonds is 4. The van der Waals surface area contributed by atoms with Crippen LogP contribution in [0.3, 0.4) is 0 Å². The first-order valence-corrected chi connectivity index (χ1v) is 5.13. The first kappa shape index (κ1) is 10.5. The Hall–Kier alpha value is -1.97. The molecule has 84 valence electrons. The molecule has 4 heteroatoms. The van der Waals surface area contributed by atoms with Crippen LogP contribution in [0, 0.1) is 6.92 Å². The molecule has 0 aliphatic carbocycles. The fourth-order valence-electron chi connectivity index (χ4n) is 1.41. The molecule has 0 aliphatic rings. The minimum absolute atomic E-state index is 0.201. The highest BCUT2D eigenvalue weighted by Crippen LogP contribution is 2.06. The molecule has 4 nitrogen and oxygen atoms in total. The number of carbonyl (C=O) groups excluding carboxylic acids is 1. The van der Waals surface area contributed by atoms with Gasteiger partial charge in [0.25, 0.3) is 5.91 Å². The quantitative estimate of drug-likeness (QED) is 0.857. The number of amides is 1.